The van der Waals surface area contributed by atoms with Crippen LogP contribution >= 0.6 is 0 Å². The van der Waals surface area contributed by atoms with Crippen LogP contribution in [0.15, 0.2) is 37.2 Å². The molecule has 4 aliphatic heterocycles. The van der Waals surface area contributed by atoms with Crippen molar-refractivity contribution in [3.8, 4) is 0 Å². The summed E-state index contributed by atoms with van der Waals surface area (Å²) in [6.07, 6.45) is 7.59. The lowest BCUT2D eigenvalue weighted by atomic mass is 9.91. The van der Waals surface area contributed by atoms with Crippen molar-refractivity contribution in [2.24, 2.45) is 5.92 Å². The molecule has 1 N–H and O–H groups in total. The molecule has 3 aromatic heterocycles. The van der Waals surface area contributed by atoms with E-state index in [1.807, 2.05) is 17.9 Å². The van der Waals surface area contributed by atoms with Gasteiger partial charge in [0.15, 0.2) is 15.7 Å². The minimum atomic E-state index is -3.16. The average molecular weight is 680 g/mol. The number of ether oxygens (including phenoxy) is 1. The zero-order valence-electron chi connectivity index (χ0n) is 27.3. The highest BCUT2D eigenvalue weighted by molar-refractivity contribution is 7.92. The number of nitrogens with zero attached hydrogens (tertiary/aromatic N) is 8. The van der Waals surface area contributed by atoms with Gasteiger partial charge in [0.1, 0.15) is 17.8 Å². The second-order valence-corrected chi connectivity index (χ2v) is 15.9. The predicted octanol–water partition coefficient (Wildman–Crippen LogP) is 3.76. The van der Waals surface area contributed by atoms with E-state index in [9.17, 15) is 17.6 Å². The van der Waals surface area contributed by atoms with E-state index in [-0.39, 0.29) is 34.9 Å². The Morgan fingerprint density at radius 1 is 1.04 bits per heavy atom. The fraction of sp³-hybridized carbons (Fsp3) is 0.576. The maximum absolute atomic E-state index is 14.6. The van der Waals surface area contributed by atoms with E-state index in [0.717, 1.165) is 36.5 Å². The number of fused-ring (bicyclic) bond motifs is 1. The third-order valence-corrected chi connectivity index (χ3v) is 13.3. The van der Waals surface area contributed by atoms with Gasteiger partial charge in [0, 0.05) is 62.4 Å². The molecule has 0 aliphatic carbocycles. The highest BCUT2D eigenvalue weighted by Crippen LogP contribution is 2.41. The van der Waals surface area contributed by atoms with Crippen LogP contribution in [0.5, 0.6) is 0 Å². The van der Waals surface area contributed by atoms with Gasteiger partial charge in [0.05, 0.1) is 34.9 Å². The summed E-state index contributed by atoms with van der Waals surface area (Å²) in [7, 11) is -1.64. The quantitative estimate of drug-likeness (QED) is 0.346. The summed E-state index contributed by atoms with van der Waals surface area (Å²) >= 11 is 0. The number of halogens is 1. The third kappa shape index (κ3) is 5.95. The number of carbonyl (C=O) groups excluding carboxylic acids is 1. The standard InChI is InChI=1S/C33H42FN9O4S/c1-4-30(44)43-13-6-8-25(43)31-22-15-29(37-28-10-12-35-33(38-28)41-14-11-26(47-3)24(34)19-41)36-16-23(22)32(40-39-31)42-17-21(18-42)27-9-5-7-20(2)48(27,45)46/h4,10,12,15-16,20-21,24-27H,1,5-9,11,13-14,17-19H2,2-3H3,(H,35,36,37,38)/t20?,24-,25?,26+,27?/m0/s1. The Kier molecular flexibility index (Phi) is 8.92. The highest BCUT2D eigenvalue weighted by Gasteiger charge is 2.45. The Labute approximate surface area is 279 Å². The molecule has 0 bridgehead atoms. The number of aromatic nitrogens is 5. The lowest BCUT2D eigenvalue weighted by molar-refractivity contribution is -0.126. The number of likely N-dealkylation sites (tertiary alicyclic amines) is 1. The van der Waals surface area contributed by atoms with Crippen LogP contribution in [0.4, 0.5) is 27.8 Å². The second-order valence-electron chi connectivity index (χ2n) is 13.3. The molecule has 1 amide bonds. The van der Waals surface area contributed by atoms with E-state index in [2.05, 4.69) is 31.9 Å². The first-order chi connectivity index (χ1) is 23.2. The van der Waals surface area contributed by atoms with Gasteiger partial charge in [-0.15, -0.1) is 5.10 Å². The van der Waals surface area contributed by atoms with Crippen molar-refractivity contribution in [3.63, 3.8) is 0 Å². The SMILES string of the molecule is C=CC(=O)N1CCCC1c1nnc(N2CC(C3CCCC(C)S3(=O)=O)C2)c2cnc(Nc3ccnc(N4CC[C@@H](OC)[C@@H](F)C4)n3)cc12. The summed E-state index contributed by atoms with van der Waals surface area (Å²) < 4.78 is 46.1. The lowest BCUT2D eigenvalue weighted by Crippen LogP contribution is -2.56. The van der Waals surface area contributed by atoms with Crippen LogP contribution in [0.1, 0.15) is 57.2 Å². The van der Waals surface area contributed by atoms with Crippen molar-refractivity contribution in [2.75, 3.05) is 55.0 Å². The van der Waals surface area contributed by atoms with E-state index in [1.54, 1.807) is 23.4 Å². The minimum Gasteiger partial charge on any atom is -0.378 e. The Morgan fingerprint density at radius 3 is 2.65 bits per heavy atom. The molecule has 4 fully saturated rings. The van der Waals surface area contributed by atoms with Gasteiger partial charge in [-0.05, 0) is 57.2 Å². The van der Waals surface area contributed by atoms with Gasteiger partial charge in [-0.25, -0.2) is 22.8 Å². The summed E-state index contributed by atoms with van der Waals surface area (Å²) in [6.45, 7) is 7.99. The molecular weight excluding hydrogens is 637 g/mol. The van der Waals surface area contributed by atoms with Crippen molar-refractivity contribution in [3.05, 3.63) is 42.9 Å². The van der Waals surface area contributed by atoms with Gasteiger partial charge < -0.3 is 24.8 Å². The number of methoxy groups -OCH3 is 1. The van der Waals surface area contributed by atoms with Crippen LogP contribution in [0.25, 0.3) is 10.8 Å². The molecule has 4 saturated heterocycles. The van der Waals surface area contributed by atoms with Crippen LogP contribution in [0.3, 0.4) is 0 Å². The largest absolute Gasteiger partial charge is 0.378 e. The van der Waals surface area contributed by atoms with E-state index < -0.39 is 22.1 Å². The van der Waals surface area contributed by atoms with E-state index in [1.165, 1.54) is 13.2 Å². The Bertz CT molecular complexity index is 1810. The van der Waals surface area contributed by atoms with Crippen LogP contribution in [-0.4, -0.2) is 107 Å². The molecule has 4 aliphatic rings. The zero-order chi connectivity index (χ0) is 33.6. The Morgan fingerprint density at radius 2 is 1.88 bits per heavy atom. The first-order valence-corrected chi connectivity index (χ1v) is 18.4. The molecule has 5 atom stereocenters. The molecule has 3 unspecified atom stereocenters. The number of alkyl halides is 1. The monoisotopic (exact) mass is 679 g/mol. The molecule has 256 valence electrons. The zero-order valence-corrected chi connectivity index (χ0v) is 28.1. The number of hydrogen-bond acceptors (Lipinski definition) is 12. The fourth-order valence-electron chi connectivity index (χ4n) is 7.72. The average Bonchev–Trinajstić information content (AvgIpc) is 3.55. The highest BCUT2D eigenvalue weighted by atomic mass is 32.2. The van der Waals surface area contributed by atoms with E-state index >= 15 is 0 Å². The van der Waals surface area contributed by atoms with Crippen LogP contribution < -0.4 is 15.1 Å². The maximum atomic E-state index is 14.6. The molecule has 0 saturated carbocycles. The number of nitrogens with one attached hydrogen (secondary N) is 1. The van der Waals surface area contributed by atoms with E-state index in [4.69, 9.17) is 14.8 Å². The van der Waals surface area contributed by atoms with Crippen LogP contribution in [0.2, 0.25) is 0 Å². The smallest absolute Gasteiger partial charge is 0.246 e. The van der Waals surface area contributed by atoms with Gasteiger partial charge in [0.25, 0.3) is 0 Å². The van der Waals surface area contributed by atoms with Crippen molar-refractivity contribution in [1.82, 2.24) is 30.0 Å². The summed E-state index contributed by atoms with van der Waals surface area (Å²) in [5.74, 6) is 1.96. The number of amides is 1. The van der Waals surface area contributed by atoms with Crippen LogP contribution in [-0.2, 0) is 19.4 Å². The Hall–Kier alpha value is -3.98. The first kappa shape index (κ1) is 32.6. The molecule has 15 heteroatoms. The molecule has 0 spiro atoms. The minimum absolute atomic E-state index is 0.0404. The van der Waals surface area contributed by atoms with Crippen molar-refractivity contribution in [2.45, 2.75) is 74.3 Å². The van der Waals surface area contributed by atoms with Gasteiger partial charge in [0.2, 0.25) is 11.9 Å². The van der Waals surface area contributed by atoms with Gasteiger partial charge >= 0.3 is 0 Å². The second kappa shape index (κ2) is 13.1. The maximum Gasteiger partial charge on any atom is 0.246 e. The first-order valence-electron chi connectivity index (χ1n) is 16.8. The molecule has 7 rings (SSSR count). The number of anilines is 4. The number of rotatable bonds is 8. The molecule has 0 aromatic carbocycles. The molecule has 3 aromatic rings. The molecule has 7 heterocycles. The summed E-state index contributed by atoms with van der Waals surface area (Å²) in [6, 6.07) is 3.34. The normalized spacial score (nSPS) is 27.6. The number of hydrogen-bond donors (Lipinski definition) is 1. The number of carbonyl (C=O) groups is 1. The van der Waals surface area contributed by atoms with E-state index in [0.29, 0.717) is 68.1 Å². The van der Waals surface area contributed by atoms with Crippen molar-refractivity contribution in [1.29, 1.82) is 0 Å². The number of sulfone groups is 1. The summed E-state index contributed by atoms with van der Waals surface area (Å²) in [5.41, 5.74) is 0.672. The summed E-state index contributed by atoms with van der Waals surface area (Å²) in [5, 5.41) is 13.6. The fourth-order valence-corrected chi connectivity index (χ4v) is 10.0. The molecular formula is C33H42FN9O4S. The Balaban J connectivity index is 1.18. The predicted molar refractivity (Wildman–Crippen MR) is 181 cm³/mol. The van der Waals surface area contributed by atoms with Crippen LogP contribution in [0, 0.1) is 5.92 Å². The van der Waals surface area contributed by atoms with Gasteiger partial charge in [-0.2, -0.15) is 10.1 Å². The van der Waals surface area contributed by atoms with Gasteiger partial charge in [-0.3, -0.25) is 4.79 Å². The summed E-state index contributed by atoms with van der Waals surface area (Å²) in [4.78, 5) is 32.2. The number of piperidine rings is 1. The lowest BCUT2D eigenvalue weighted by Gasteiger charge is -2.45. The molecule has 0 radical (unpaired) electrons. The van der Waals surface area contributed by atoms with Crippen molar-refractivity contribution >= 4 is 49.9 Å². The van der Waals surface area contributed by atoms with Crippen molar-refractivity contribution < 1.29 is 22.3 Å². The molecule has 48 heavy (non-hydrogen) atoms. The molecule has 13 nitrogen and oxygen atoms in total. The topological polar surface area (TPSA) is 147 Å². The third-order valence-electron chi connectivity index (χ3n) is 10.5. The van der Waals surface area contributed by atoms with Gasteiger partial charge in [-0.1, -0.05) is 13.0 Å². The number of pyridine rings is 1.